The van der Waals surface area contributed by atoms with Crippen molar-refractivity contribution >= 4 is 5.97 Å². The lowest BCUT2D eigenvalue weighted by Crippen LogP contribution is -2.42. The van der Waals surface area contributed by atoms with E-state index < -0.39 is 11.4 Å². The molecular weight excluding hydrogens is 236 g/mol. The summed E-state index contributed by atoms with van der Waals surface area (Å²) in [4.78, 5) is 11.7. The molecule has 0 radical (unpaired) electrons. The summed E-state index contributed by atoms with van der Waals surface area (Å²) in [5, 5.41) is 17.2. The van der Waals surface area contributed by atoms with Crippen LogP contribution in [0.4, 0.5) is 0 Å². The lowest BCUT2D eigenvalue weighted by atomic mass is 9.75. The predicted molar refractivity (Wildman–Crippen MR) is 59.9 cm³/mol. The molecule has 6 heteroatoms. The number of hydrogen-bond acceptors (Lipinski definition) is 5. The van der Waals surface area contributed by atoms with Crippen molar-refractivity contribution in [2.45, 2.75) is 38.7 Å². The number of aromatic nitrogens is 2. The van der Waals surface area contributed by atoms with Crippen LogP contribution in [-0.4, -0.2) is 34.1 Å². The topological polar surface area (TPSA) is 85.5 Å². The van der Waals surface area contributed by atoms with Crippen molar-refractivity contribution in [1.29, 1.82) is 0 Å². The summed E-state index contributed by atoms with van der Waals surface area (Å²) in [7, 11) is 0. The number of carboxylic acids is 1. The molecule has 18 heavy (non-hydrogen) atoms. The van der Waals surface area contributed by atoms with Crippen molar-refractivity contribution in [3.63, 3.8) is 0 Å². The maximum Gasteiger partial charge on any atom is 0.312 e. The molecule has 0 amide bonds. The van der Waals surface area contributed by atoms with Crippen LogP contribution in [-0.2, 0) is 16.0 Å². The molecule has 1 aromatic heterocycles. The maximum absolute atomic E-state index is 11.7. The van der Waals surface area contributed by atoms with Gasteiger partial charge in [0.2, 0.25) is 0 Å². The summed E-state index contributed by atoms with van der Waals surface area (Å²) in [5.41, 5.74) is 0.440. The summed E-state index contributed by atoms with van der Waals surface area (Å²) in [6.45, 7) is 2.29. The molecule has 6 nitrogen and oxygen atoms in total. The predicted octanol–water partition coefficient (Wildman–Crippen LogP) is 1.19. The lowest BCUT2D eigenvalue weighted by molar-refractivity contribution is -0.153. The van der Waals surface area contributed by atoms with Crippen LogP contribution in [0.3, 0.4) is 0 Å². The van der Waals surface area contributed by atoms with Gasteiger partial charge in [0.25, 0.3) is 0 Å². The molecule has 2 atom stereocenters. The van der Waals surface area contributed by atoms with Gasteiger partial charge in [-0.3, -0.25) is 4.79 Å². The highest BCUT2D eigenvalue weighted by Gasteiger charge is 2.56. The van der Waals surface area contributed by atoms with Gasteiger partial charge in [-0.05, 0) is 32.1 Å². The molecule has 98 valence electrons. The Morgan fingerprint density at radius 2 is 2.28 bits per heavy atom. The zero-order valence-electron chi connectivity index (χ0n) is 10.3. The third kappa shape index (κ3) is 1.71. The minimum atomic E-state index is -0.857. The van der Waals surface area contributed by atoms with Crippen molar-refractivity contribution in [1.82, 2.24) is 10.3 Å². The summed E-state index contributed by atoms with van der Waals surface area (Å²) < 4.78 is 10.3. The Kier molecular flexibility index (Phi) is 2.62. The number of aryl methyl sites for hydroxylation is 1. The number of rotatable bonds is 4. The summed E-state index contributed by atoms with van der Waals surface area (Å²) in [6.07, 6.45) is 2.83. The average molecular weight is 252 g/mol. The second-order valence-corrected chi connectivity index (χ2v) is 5.31. The van der Waals surface area contributed by atoms with Gasteiger partial charge in [-0.25, -0.2) is 4.63 Å². The SMILES string of the molecule is Cc1nonc1CC1(C(=O)O)CCOC1C1CC1. The first-order valence-electron chi connectivity index (χ1n) is 6.26. The van der Waals surface area contributed by atoms with Gasteiger partial charge in [-0.2, -0.15) is 0 Å². The van der Waals surface area contributed by atoms with Gasteiger partial charge >= 0.3 is 5.97 Å². The van der Waals surface area contributed by atoms with E-state index in [1.54, 1.807) is 6.92 Å². The third-order valence-corrected chi connectivity index (χ3v) is 4.10. The summed E-state index contributed by atoms with van der Waals surface area (Å²) in [6, 6.07) is 0. The summed E-state index contributed by atoms with van der Waals surface area (Å²) in [5.74, 6) is -0.400. The van der Waals surface area contributed by atoms with Crippen LogP contribution in [0.1, 0.15) is 30.7 Å². The first kappa shape index (κ1) is 11.6. The van der Waals surface area contributed by atoms with Crippen LogP contribution in [0.5, 0.6) is 0 Å². The fraction of sp³-hybridized carbons (Fsp3) is 0.750. The van der Waals surface area contributed by atoms with E-state index in [1.807, 2.05) is 0 Å². The Labute approximate surface area is 104 Å². The first-order valence-corrected chi connectivity index (χ1v) is 6.26. The van der Waals surface area contributed by atoms with Crippen LogP contribution in [0.2, 0.25) is 0 Å². The van der Waals surface area contributed by atoms with E-state index in [1.165, 1.54) is 0 Å². The third-order valence-electron chi connectivity index (χ3n) is 4.10. The lowest BCUT2D eigenvalue weighted by Gasteiger charge is -2.29. The van der Waals surface area contributed by atoms with Crippen molar-refractivity contribution in [2.24, 2.45) is 11.3 Å². The van der Waals surface area contributed by atoms with Gasteiger partial charge in [0, 0.05) is 13.0 Å². The largest absolute Gasteiger partial charge is 0.481 e. The van der Waals surface area contributed by atoms with Gasteiger partial charge in [-0.15, -0.1) is 0 Å². The van der Waals surface area contributed by atoms with Crippen LogP contribution in [0.25, 0.3) is 0 Å². The van der Waals surface area contributed by atoms with E-state index in [0.717, 1.165) is 12.8 Å². The van der Waals surface area contributed by atoms with Gasteiger partial charge < -0.3 is 9.84 Å². The van der Waals surface area contributed by atoms with E-state index in [0.29, 0.717) is 36.8 Å². The first-order chi connectivity index (χ1) is 8.63. The second-order valence-electron chi connectivity index (χ2n) is 5.31. The van der Waals surface area contributed by atoms with E-state index in [4.69, 9.17) is 4.74 Å². The monoisotopic (exact) mass is 252 g/mol. The maximum atomic E-state index is 11.7. The highest BCUT2D eigenvalue weighted by Crippen LogP contribution is 2.49. The van der Waals surface area contributed by atoms with Gasteiger partial charge in [0.05, 0.1) is 6.10 Å². The average Bonchev–Trinajstić information content (AvgIpc) is 2.97. The van der Waals surface area contributed by atoms with Crippen molar-refractivity contribution in [2.75, 3.05) is 6.61 Å². The molecular formula is C12H16N2O4. The Hall–Kier alpha value is -1.43. The molecule has 0 bridgehead atoms. The Bertz CT molecular complexity index is 468. The van der Waals surface area contributed by atoms with Gasteiger partial charge in [0.15, 0.2) is 0 Å². The number of carboxylic acid groups (broad SMARTS) is 1. The minimum Gasteiger partial charge on any atom is -0.481 e. The molecule has 2 fully saturated rings. The van der Waals surface area contributed by atoms with Crippen LogP contribution in [0.15, 0.2) is 4.63 Å². The van der Waals surface area contributed by atoms with Gasteiger partial charge in [0.1, 0.15) is 16.8 Å². The molecule has 1 aliphatic heterocycles. The molecule has 2 unspecified atom stereocenters. The summed E-state index contributed by atoms with van der Waals surface area (Å²) >= 11 is 0. The molecule has 1 saturated carbocycles. The highest BCUT2D eigenvalue weighted by molar-refractivity contribution is 5.76. The fourth-order valence-electron chi connectivity index (χ4n) is 2.86. The number of carbonyl (C=O) groups is 1. The molecule has 2 aliphatic rings. The van der Waals surface area contributed by atoms with E-state index in [9.17, 15) is 9.90 Å². The Morgan fingerprint density at radius 1 is 1.50 bits per heavy atom. The number of hydrogen-bond donors (Lipinski definition) is 1. The molecule has 2 heterocycles. The van der Waals surface area contributed by atoms with Crippen molar-refractivity contribution in [3.05, 3.63) is 11.4 Å². The highest BCUT2D eigenvalue weighted by atomic mass is 16.6. The minimum absolute atomic E-state index is 0.189. The quantitative estimate of drug-likeness (QED) is 0.866. The van der Waals surface area contributed by atoms with E-state index in [2.05, 4.69) is 14.9 Å². The number of aliphatic carboxylic acids is 1. The molecule has 0 aromatic carbocycles. The molecule has 1 saturated heterocycles. The Morgan fingerprint density at radius 3 is 2.83 bits per heavy atom. The van der Waals surface area contributed by atoms with Crippen molar-refractivity contribution < 1.29 is 19.3 Å². The van der Waals surface area contributed by atoms with E-state index >= 15 is 0 Å². The molecule has 1 aromatic rings. The standard InChI is InChI=1S/C12H16N2O4/c1-7-9(14-18-13-7)6-12(11(15)16)4-5-17-10(12)8-2-3-8/h8,10H,2-6H2,1H3,(H,15,16). The number of nitrogens with zero attached hydrogens (tertiary/aromatic N) is 2. The van der Waals surface area contributed by atoms with Crippen LogP contribution in [0, 0.1) is 18.3 Å². The van der Waals surface area contributed by atoms with Crippen LogP contribution < -0.4 is 0 Å². The zero-order chi connectivity index (χ0) is 12.8. The number of ether oxygens (including phenoxy) is 1. The Balaban J connectivity index is 1.91. The second kappa shape index (κ2) is 4.05. The molecule has 3 rings (SSSR count). The van der Waals surface area contributed by atoms with Crippen molar-refractivity contribution in [3.8, 4) is 0 Å². The fourth-order valence-corrected chi connectivity index (χ4v) is 2.86. The smallest absolute Gasteiger partial charge is 0.312 e. The van der Waals surface area contributed by atoms with E-state index in [-0.39, 0.29) is 6.10 Å². The molecule has 1 aliphatic carbocycles. The molecule has 1 N–H and O–H groups in total. The molecule has 0 spiro atoms. The van der Waals surface area contributed by atoms with Crippen LogP contribution >= 0.6 is 0 Å². The zero-order valence-corrected chi connectivity index (χ0v) is 10.3. The van der Waals surface area contributed by atoms with Gasteiger partial charge in [-0.1, -0.05) is 10.3 Å². The normalized spacial score (nSPS) is 31.7.